The SMILES string of the molecule is Nc1ccc(S(=O)(=O)CCOCCS(=O)(=O)c2ccc(N)cc2)cc1. The van der Waals surface area contributed by atoms with Gasteiger partial charge in [0.05, 0.1) is 34.5 Å². The number of anilines is 2. The summed E-state index contributed by atoms with van der Waals surface area (Å²) in [6, 6.07) is 11.7. The summed E-state index contributed by atoms with van der Waals surface area (Å²) < 4.78 is 53.6. The highest BCUT2D eigenvalue weighted by molar-refractivity contribution is 7.91. The maximum Gasteiger partial charge on any atom is 0.180 e. The molecule has 0 atom stereocenters. The van der Waals surface area contributed by atoms with Crippen molar-refractivity contribution in [1.82, 2.24) is 0 Å². The second kappa shape index (κ2) is 7.85. The molecule has 4 N–H and O–H groups in total. The van der Waals surface area contributed by atoms with Crippen LogP contribution in [0.3, 0.4) is 0 Å². The number of hydrogen-bond donors (Lipinski definition) is 2. The van der Waals surface area contributed by atoms with Crippen molar-refractivity contribution in [1.29, 1.82) is 0 Å². The van der Waals surface area contributed by atoms with Gasteiger partial charge in [0.2, 0.25) is 0 Å². The van der Waals surface area contributed by atoms with Crippen LogP contribution in [0, 0.1) is 0 Å². The molecule has 136 valence electrons. The summed E-state index contributed by atoms with van der Waals surface area (Å²) in [5, 5.41) is 0. The van der Waals surface area contributed by atoms with Crippen LogP contribution < -0.4 is 11.5 Å². The van der Waals surface area contributed by atoms with Crippen molar-refractivity contribution < 1.29 is 21.6 Å². The summed E-state index contributed by atoms with van der Waals surface area (Å²) in [6.45, 7) is -0.187. The smallest absolute Gasteiger partial charge is 0.180 e. The third-order valence-corrected chi connectivity index (χ3v) is 6.86. The largest absolute Gasteiger partial charge is 0.399 e. The number of nitrogen functional groups attached to an aromatic ring is 2. The van der Waals surface area contributed by atoms with Crippen molar-refractivity contribution in [3.8, 4) is 0 Å². The summed E-state index contributed by atoms with van der Waals surface area (Å²) in [6.07, 6.45) is 0. The topological polar surface area (TPSA) is 130 Å². The molecular weight excluding hydrogens is 364 g/mol. The van der Waals surface area contributed by atoms with E-state index in [1.54, 1.807) is 0 Å². The van der Waals surface area contributed by atoms with Gasteiger partial charge < -0.3 is 16.2 Å². The van der Waals surface area contributed by atoms with Crippen LogP contribution in [0.4, 0.5) is 11.4 Å². The molecule has 7 nitrogen and oxygen atoms in total. The van der Waals surface area contributed by atoms with Crippen LogP contribution in [0.5, 0.6) is 0 Å². The quantitative estimate of drug-likeness (QED) is 0.515. The lowest BCUT2D eigenvalue weighted by Crippen LogP contribution is -2.17. The van der Waals surface area contributed by atoms with Crippen LogP contribution in [0.15, 0.2) is 58.3 Å². The van der Waals surface area contributed by atoms with Crippen LogP contribution in [-0.2, 0) is 24.4 Å². The number of nitrogens with two attached hydrogens (primary N) is 2. The van der Waals surface area contributed by atoms with Gasteiger partial charge in [-0.3, -0.25) is 0 Å². The zero-order valence-electron chi connectivity index (χ0n) is 13.5. The molecule has 25 heavy (non-hydrogen) atoms. The Labute approximate surface area is 147 Å². The average Bonchev–Trinajstić information content (AvgIpc) is 2.55. The fourth-order valence-electron chi connectivity index (χ4n) is 2.03. The van der Waals surface area contributed by atoms with Crippen molar-refractivity contribution >= 4 is 31.0 Å². The Morgan fingerprint density at radius 1 is 0.640 bits per heavy atom. The van der Waals surface area contributed by atoms with E-state index < -0.39 is 19.7 Å². The lowest BCUT2D eigenvalue weighted by molar-refractivity contribution is 0.165. The van der Waals surface area contributed by atoms with Gasteiger partial charge in [-0.1, -0.05) is 0 Å². The molecule has 2 aromatic carbocycles. The van der Waals surface area contributed by atoms with Crippen molar-refractivity contribution in [2.24, 2.45) is 0 Å². The number of rotatable bonds is 8. The molecule has 0 radical (unpaired) electrons. The summed E-state index contributed by atoms with van der Waals surface area (Å²) >= 11 is 0. The van der Waals surface area contributed by atoms with Gasteiger partial charge in [-0.2, -0.15) is 0 Å². The van der Waals surface area contributed by atoms with Crippen LogP contribution in [0.2, 0.25) is 0 Å². The fraction of sp³-hybridized carbons (Fsp3) is 0.250. The van der Waals surface area contributed by atoms with E-state index in [0.717, 1.165) is 0 Å². The zero-order valence-corrected chi connectivity index (χ0v) is 15.1. The molecule has 0 unspecified atom stereocenters. The minimum atomic E-state index is -3.49. The summed E-state index contributed by atoms with van der Waals surface area (Å²) in [5.74, 6) is -0.475. The molecule has 9 heteroatoms. The molecule has 0 aliphatic heterocycles. The van der Waals surface area contributed by atoms with Crippen LogP contribution >= 0.6 is 0 Å². The van der Waals surface area contributed by atoms with Crippen molar-refractivity contribution in [3.63, 3.8) is 0 Å². The Balaban J connectivity index is 1.83. The lowest BCUT2D eigenvalue weighted by atomic mass is 10.3. The van der Waals surface area contributed by atoms with E-state index in [1.807, 2.05) is 0 Å². The van der Waals surface area contributed by atoms with Gasteiger partial charge in [0.15, 0.2) is 19.7 Å². The molecule has 0 aliphatic carbocycles. The standard InChI is InChI=1S/C16H20N2O5S2/c17-13-1-5-15(6-2-13)24(19,20)11-9-23-10-12-25(21,22)16-7-3-14(18)4-8-16/h1-8H,9-12,17-18H2. The highest BCUT2D eigenvalue weighted by Crippen LogP contribution is 2.14. The van der Waals surface area contributed by atoms with Gasteiger partial charge in [0, 0.05) is 11.4 Å². The van der Waals surface area contributed by atoms with Gasteiger partial charge >= 0.3 is 0 Å². The van der Waals surface area contributed by atoms with Gasteiger partial charge in [-0.05, 0) is 48.5 Å². The normalized spacial score (nSPS) is 12.2. The maximum absolute atomic E-state index is 12.1. The molecule has 0 saturated carbocycles. The highest BCUT2D eigenvalue weighted by Gasteiger charge is 2.16. The van der Waals surface area contributed by atoms with Gasteiger partial charge in [-0.25, -0.2) is 16.8 Å². The minimum absolute atomic E-state index is 0.0933. The first-order valence-corrected chi connectivity index (χ1v) is 10.8. The molecule has 0 saturated heterocycles. The Morgan fingerprint density at radius 3 is 1.28 bits per heavy atom. The number of hydrogen-bond acceptors (Lipinski definition) is 7. The second-order valence-corrected chi connectivity index (χ2v) is 9.61. The number of benzene rings is 2. The molecule has 0 fully saturated rings. The van der Waals surface area contributed by atoms with Gasteiger partial charge in [0.25, 0.3) is 0 Å². The lowest BCUT2D eigenvalue weighted by Gasteiger charge is -2.07. The zero-order chi connectivity index (χ0) is 18.5. The van der Waals surface area contributed by atoms with E-state index in [4.69, 9.17) is 16.2 Å². The molecule has 2 rings (SSSR count). The minimum Gasteiger partial charge on any atom is -0.399 e. The van der Waals surface area contributed by atoms with Gasteiger partial charge in [-0.15, -0.1) is 0 Å². The van der Waals surface area contributed by atoms with E-state index in [-0.39, 0.29) is 34.5 Å². The van der Waals surface area contributed by atoms with Gasteiger partial charge in [0.1, 0.15) is 0 Å². The van der Waals surface area contributed by atoms with E-state index in [0.29, 0.717) is 11.4 Å². The highest BCUT2D eigenvalue weighted by atomic mass is 32.2. The number of sulfone groups is 2. The Bertz CT molecular complexity index is 829. The first-order chi connectivity index (χ1) is 11.7. The second-order valence-electron chi connectivity index (χ2n) is 5.39. The van der Waals surface area contributed by atoms with E-state index in [1.165, 1.54) is 48.5 Å². The van der Waals surface area contributed by atoms with Crippen LogP contribution in [0.1, 0.15) is 0 Å². The Kier molecular flexibility index (Phi) is 6.04. The number of ether oxygens (including phenoxy) is 1. The Morgan fingerprint density at radius 2 is 0.960 bits per heavy atom. The van der Waals surface area contributed by atoms with E-state index in [9.17, 15) is 16.8 Å². The Hall–Kier alpha value is -2.10. The molecule has 2 aromatic rings. The predicted octanol–water partition coefficient (Wildman–Crippen LogP) is 1.12. The third-order valence-electron chi connectivity index (χ3n) is 3.47. The van der Waals surface area contributed by atoms with Crippen molar-refractivity contribution in [3.05, 3.63) is 48.5 Å². The summed E-state index contributed by atoms with van der Waals surface area (Å²) in [7, 11) is -6.99. The first kappa shape index (κ1) is 19.2. The molecule has 0 aromatic heterocycles. The summed E-state index contributed by atoms with van der Waals surface area (Å²) in [5.41, 5.74) is 12.0. The first-order valence-electron chi connectivity index (χ1n) is 7.45. The van der Waals surface area contributed by atoms with E-state index in [2.05, 4.69) is 0 Å². The third kappa shape index (κ3) is 5.45. The van der Waals surface area contributed by atoms with Crippen LogP contribution in [-0.4, -0.2) is 41.6 Å². The average molecular weight is 384 g/mol. The predicted molar refractivity (Wildman–Crippen MR) is 96.6 cm³/mol. The van der Waals surface area contributed by atoms with Crippen molar-refractivity contribution in [2.45, 2.75) is 9.79 Å². The summed E-state index contributed by atoms with van der Waals surface area (Å²) in [4.78, 5) is 0.305. The van der Waals surface area contributed by atoms with Crippen molar-refractivity contribution in [2.75, 3.05) is 36.2 Å². The van der Waals surface area contributed by atoms with E-state index >= 15 is 0 Å². The van der Waals surface area contributed by atoms with Crippen LogP contribution in [0.25, 0.3) is 0 Å². The fourth-order valence-corrected chi connectivity index (χ4v) is 4.27. The molecule has 0 spiro atoms. The monoisotopic (exact) mass is 384 g/mol. The molecule has 0 bridgehead atoms. The molecule has 0 amide bonds. The molecule has 0 aliphatic rings. The molecular formula is C16H20N2O5S2. The molecule has 0 heterocycles. The maximum atomic E-state index is 12.1.